The molecule has 1 fully saturated rings. The minimum atomic E-state index is -1.01. The first-order valence-corrected chi connectivity index (χ1v) is 13.7. The lowest BCUT2D eigenvalue weighted by Crippen LogP contribution is -2.48. The van der Waals surface area contributed by atoms with Gasteiger partial charge in [-0.15, -0.1) is 0 Å². The molecule has 0 aliphatic heterocycles. The van der Waals surface area contributed by atoms with Crippen molar-refractivity contribution in [1.29, 1.82) is 0 Å². The molecule has 3 aromatic carbocycles. The van der Waals surface area contributed by atoms with Crippen LogP contribution in [0.5, 0.6) is 5.75 Å². The van der Waals surface area contributed by atoms with Gasteiger partial charge in [0, 0.05) is 11.6 Å². The van der Waals surface area contributed by atoms with E-state index in [1.807, 2.05) is 48.5 Å². The summed E-state index contributed by atoms with van der Waals surface area (Å²) in [6, 6.07) is 18.8. The molecule has 0 saturated heterocycles. The normalized spacial score (nSPS) is 15.4. The summed E-state index contributed by atoms with van der Waals surface area (Å²) in [6.45, 7) is 1.81. The summed E-state index contributed by atoms with van der Waals surface area (Å²) in [4.78, 5) is 31.3. The highest BCUT2D eigenvalue weighted by atomic mass is 19.1. The van der Waals surface area contributed by atoms with Gasteiger partial charge in [-0.1, -0.05) is 61.7 Å². The van der Waals surface area contributed by atoms with Gasteiger partial charge >= 0.3 is 0 Å². The van der Waals surface area contributed by atoms with Gasteiger partial charge in [0.1, 0.15) is 34.7 Å². The third-order valence-electron chi connectivity index (χ3n) is 7.52. The van der Waals surface area contributed by atoms with Gasteiger partial charge < -0.3 is 15.0 Å². The zero-order valence-corrected chi connectivity index (χ0v) is 22.8. The van der Waals surface area contributed by atoms with Gasteiger partial charge in [-0.05, 0) is 55.7 Å². The summed E-state index contributed by atoms with van der Waals surface area (Å²) in [5, 5.41) is 12.2. The molecule has 4 aromatic rings. The molecule has 1 heterocycles. The number of halogens is 1. The number of nitrogens with zero attached hydrogens (tertiary/aromatic N) is 4. The van der Waals surface area contributed by atoms with E-state index in [0.717, 1.165) is 37.7 Å². The third kappa shape index (κ3) is 5.98. The smallest absolute Gasteiger partial charge is 0.250 e. The number of aromatic nitrogens is 3. The van der Waals surface area contributed by atoms with Gasteiger partial charge in [0.15, 0.2) is 0 Å². The SMILES string of the molecule is COc1ccccc1CN(C(=O)C(C)n1nc2ccccc2n1)C(C(=O)NC1CCCCC1)c1ccc(F)cc1. The van der Waals surface area contributed by atoms with Crippen molar-refractivity contribution in [3.05, 3.63) is 89.7 Å². The number of carbonyl (C=O) groups excluding carboxylic acids is 2. The number of carbonyl (C=O) groups is 2. The van der Waals surface area contributed by atoms with Crippen molar-refractivity contribution >= 4 is 22.8 Å². The average molecular weight is 544 g/mol. The van der Waals surface area contributed by atoms with E-state index in [9.17, 15) is 14.0 Å². The van der Waals surface area contributed by atoms with Gasteiger partial charge in [0.25, 0.3) is 0 Å². The molecule has 40 heavy (non-hydrogen) atoms. The first-order chi connectivity index (χ1) is 19.4. The number of methoxy groups -OCH3 is 1. The topological polar surface area (TPSA) is 89.3 Å². The van der Waals surface area contributed by atoms with E-state index in [1.165, 1.54) is 21.8 Å². The number of para-hydroxylation sites is 1. The van der Waals surface area contributed by atoms with Gasteiger partial charge in [-0.25, -0.2) is 4.39 Å². The van der Waals surface area contributed by atoms with Crippen LogP contribution in [-0.2, 0) is 16.1 Å². The fourth-order valence-electron chi connectivity index (χ4n) is 5.35. The molecular weight excluding hydrogens is 509 g/mol. The average Bonchev–Trinajstić information content (AvgIpc) is 3.42. The second-order valence-electron chi connectivity index (χ2n) is 10.3. The van der Waals surface area contributed by atoms with Crippen LogP contribution in [0.2, 0.25) is 0 Å². The highest BCUT2D eigenvalue weighted by Gasteiger charge is 2.36. The Labute approximate surface area is 233 Å². The molecule has 5 rings (SSSR count). The Morgan fingerprint density at radius 1 is 0.975 bits per heavy atom. The molecule has 0 radical (unpaired) electrons. The summed E-state index contributed by atoms with van der Waals surface area (Å²) < 4.78 is 19.5. The largest absolute Gasteiger partial charge is 0.496 e. The molecule has 1 aliphatic rings. The maximum Gasteiger partial charge on any atom is 0.250 e. The number of ether oxygens (including phenoxy) is 1. The Morgan fingerprint density at radius 2 is 1.60 bits per heavy atom. The lowest BCUT2D eigenvalue weighted by atomic mass is 9.94. The van der Waals surface area contributed by atoms with Gasteiger partial charge in [-0.2, -0.15) is 15.0 Å². The van der Waals surface area contributed by atoms with E-state index in [-0.39, 0.29) is 24.4 Å². The monoisotopic (exact) mass is 543 g/mol. The molecule has 2 amide bonds. The first-order valence-electron chi connectivity index (χ1n) is 13.7. The van der Waals surface area contributed by atoms with Gasteiger partial charge in [0.2, 0.25) is 11.8 Å². The van der Waals surface area contributed by atoms with Crippen LogP contribution in [-0.4, -0.2) is 44.9 Å². The number of rotatable bonds is 9. The lowest BCUT2D eigenvalue weighted by Gasteiger charge is -2.35. The fraction of sp³-hybridized carbons (Fsp3) is 0.355. The molecule has 8 nitrogen and oxygen atoms in total. The molecule has 208 valence electrons. The molecule has 1 aliphatic carbocycles. The Bertz CT molecular complexity index is 1430. The molecule has 9 heteroatoms. The zero-order valence-electron chi connectivity index (χ0n) is 22.8. The van der Waals surface area contributed by atoms with Crippen LogP contribution in [0.15, 0.2) is 72.8 Å². The zero-order chi connectivity index (χ0) is 28.1. The van der Waals surface area contributed by atoms with Crippen molar-refractivity contribution in [3.8, 4) is 5.75 Å². The van der Waals surface area contributed by atoms with Crippen LogP contribution >= 0.6 is 0 Å². The standard InChI is InChI=1S/C31H34FN5O3/c1-21(37-34-26-13-7-8-14-27(26)35-37)31(39)36(20-23-10-6-9-15-28(23)40-2)29(22-16-18-24(32)19-17-22)30(38)33-25-11-4-3-5-12-25/h6-10,13-19,21,25,29H,3-5,11-12,20H2,1-2H3,(H,33,38). The Kier molecular flexibility index (Phi) is 8.38. The predicted octanol–water partition coefficient (Wildman–Crippen LogP) is 5.36. The Balaban J connectivity index is 1.56. The molecule has 1 saturated carbocycles. The molecule has 1 N–H and O–H groups in total. The van der Waals surface area contributed by atoms with E-state index in [0.29, 0.717) is 22.3 Å². The maximum absolute atomic E-state index is 14.3. The number of nitrogens with one attached hydrogen (secondary N) is 1. The molecule has 0 spiro atoms. The van der Waals surface area contributed by atoms with Crippen molar-refractivity contribution < 1.29 is 18.7 Å². The minimum Gasteiger partial charge on any atom is -0.496 e. The van der Waals surface area contributed by atoms with Crippen molar-refractivity contribution in [3.63, 3.8) is 0 Å². The molecule has 0 bridgehead atoms. The third-order valence-corrected chi connectivity index (χ3v) is 7.52. The maximum atomic E-state index is 14.3. The van der Waals surface area contributed by atoms with Crippen molar-refractivity contribution in [2.45, 2.75) is 63.7 Å². The number of hydrogen-bond acceptors (Lipinski definition) is 5. The Morgan fingerprint density at radius 3 is 2.25 bits per heavy atom. The summed E-state index contributed by atoms with van der Waals surface area (Å²) in [5.74, 6) is -0.466. The number of amides is 2. The molecule has 2 unspecified atom stereocenters. The second-order valence-corrected chi connectivity index (χ2v) is 10.3. The summed E-state index contributed by atoms with van der Waals surface area (Å²) in [5.41, 5.74) is 2.59. The van der Waals surface area contributed by atoms with E-state index in [4.69, 9.17) is 4.74 Å². The summed E-state index contributed by atoms with van der Waals surface area (Å²) in [7, 11) is 1.57. The highest BCUT2D eigenvalue weighted by Crippen LogP contribution is 2.30. The second kappa shape index (κ2) is 12.3. The molecular formula is C31H34FN5O3. The van der Waals surface area contributed by atoms with Crippen molar-refractivity contribution in [2.24, 2.45) is 0 Å². The highest BCUT2D eigenvalue weighted by molar-refractivity contribution is 5.90. The first kappa shape index (κ1) is 27.3. The quantitative estimate of drug-likeness (QED) is 0.307. The number of hydrogen-bond donors (Lipinski definition) is 1. The van der Waals surface area contributed by atoms with Crippen LogP contribution in [0.3, 0.4) is 0 Å². The number of fused-ring (bicyclic) bond motifs is 1. The molecule has 2 atom stereocenters. The van der Waals surface area contributed by atoms with Crippen LogP contribution in [0.25, 0.3) is 11.0 Å². The van der Waals surface area contributed by atoms with Crippen molar-refractivity contribution in [2.75, 3.05) is 7.11 Å². The lowest BCUT2D eigenvalue weighted by molar-refractivity contribution is -0.144. The van der Waals surface area contributed by atoms with E-state index in [2.05, 4.69) is 15.5 Å². The van der Waals surface area contributed by atoms with Gasteiger partial charge in [-0.3, -0.25) is 9.59 Å². The van der Waals surface area contributed by atoms with Crippen LogP contribution in [0.1, 0.15) is 62.2 Å². The Hall–Kier alpha value is -4.27. The van der Waals surface area contributed by atoms with Crippen LogP contribution < -0.4 is 10.1 Å². The van der Waals surface area contributed by atoms with E-state index in [1.54, 1.807) is 26.2 Å². The molecule has 1 aromatic heterocycles. The van der Waals surface area contributed by atoms with E-state index < -0.39 is 17.9 Å². The van der Waals surface area contributed by atoms with Crippen LogP contribution in [0, 0.1) is 5.82 Å². The van der Waals surface area contributed by atoms with Crippen molar-refractivity contribution in [1.82, 2.24) is 25.2 Å². The minimum absolute atomic E-state index is 0.0305. The van der Waals surface area contributed by atoms with Crippen LogP contribution in [0.4, 0.5) is 4.39 Å². The van der Waals surface area contributed by atoms with Gasteiger partial charge in [0.05, 0.1) is 13.7 Å². The fourth-order valence-corrected chi connectivity index (χ4v) is 5.35. The van der Waals surface area contributed by atoms with E-state index >= 15 is 0 Å². The summed E-state index contributed by atoms with van der Waals surface area (Å²) >= 11 is 0. The predicted molar refractivity (Wildman–Crippen MR) is 150 cm³/mol. The number of benzene rings is 3. The summed E-state index contributed by atoms with van der Waals surface area (Å²) in [6.07, 6.45) is 5.02.